The van der Waals surface area contributed by atoms with Gasteiger partial charge in [0.1, 0.15) is 0 Å². The highest BCUT2D eigenvalue weighted by atomic mass is 16.5. The SMILES string of the molecule is CCOC(=O)CCC(=O)N1CCN(c2nc3ccccc3nc2C)CC1. The van der Waals surface area contributed by atoms with Crippen molar-refractivity contribution in [2.45, 2.75) is 26.7 Å². The molecule has 2 heterocycles. The molecule has 1 aromatic heterocycles. The molecule has 138 valence electrons. The molecule has 7 heteroatoms. The zero-order valence-corrected chi connectivity index (χ0v) is 15.3. The number of carbonyl (C=O) groups excluding carboxylic acids is 2. The maximum absolute atomic E-state index is 12.3. The van der Waals surface area contributed by atoms with Crippen molar-refractivity contribution in [3.05, 3.63) is 30.0 Å². The Morgan fingerprint density at radius 2 is 1.69 bits per heavy atom. The van der Waals surface area contributed by atoms with E-state index in [1.807, 2.05) is 31.2 Å². The molecule has 7 nitrogen and oxygen atoms in total. The summed E-state index contributed by atoms with van der Waals surface area (Å²) in [6.45, 7) is 6.73. The van der Waals surface area contributed by atoms with Crippen molar-refractivity contribution in [1.29, 1.82) is 0 Å². The molecule has 2 aromatic rings. The number of anilines is 1. The molecular weight excluding hydrogens is 332 g/mol. The van der Waals surface area contributed by atoms with Gasteiger partial charge in [-0.25, -0.2) is 9.97 Å². The van der Waals surface area contributed by atoms with E-state index in [0.717, 1.165) is 22.5 Å². The van der Waals surface area contributed by atoms with Crippen molar-refractivity contribution >= 4 is 28.7 Å². The molecule has 0 aliphatic carbocycles. The van der Waals surface area contributed by atoms with Crippen LogP contribution in [0.4, 0.5) is 5.82 Å². The van der Waals surface area contributed by atoms with Gasteiger partial charge >= 0.3 is 5.97 Å². The van der Waals surface area contributed by atoms with Gasteiger partial charge in [0.25, 0.3) is 0 Å². The summed E-state index contributed by atoms with van der Waals surface area (Å²) in [5.74, 6) is 0.558. The van der Waals surface area contributed by atoms with Crippen molar-refractivity contribution in [3.63, 3.8) is 0 Å². The van der Waals surface area contributed by atoms with Crippen LogP contribution in [-0.2, 0) is 14.3 Å². The highest BCUT2D eigenvalue weighted by molar-refractivity contribution is 5.81. The number of amides is 1. The second-order valence-corrected chi connectivity index (χ2v) is 6.29. The van der Waals surface area contributed by atoms with Crippen LogP contribution in [0, 0.1) is 6.92 Å². The number of hydrogen-bond acceptors (Lipinski definition) is 6. The number of ether oxygens (including phenoxy) is 1. The first-order valence-corrected chi connectivity index (χ1v) is 9.00. The van der Waals surface area contributed by atoms with Gasteiger partial charge in [-0.1, -0.05) is 12.1 Å². The number of para-hydroxylation sites is 2. The molecule has 1 aliphatic heterocycles. The lowest BCUT2D eigenvalue weighted by atomic mass is 10.2. The van der Waals surface area contributed by atoms with Gasteiger partial charge in [-0.3, -0.25) is 9.59 Å². The normalized spacial score (nSPS) is 14.5. The maximum atomic E-state index is 12.3. The molecule has 0 unspecified atom stereocenters. The summed E-state index contributed by atoms with van der Waals surface area (Å²) in [5.41, 5.74) is 2.66. The number of fused-ring (bicyclic) bond motifs is 1. The lowest BCUT2D eigenvalue weighted by Gasteiger charge is -2.36. The van der Waals surface area contributed by atoms with Crippen LogP contribution in [0.5, 0.6) is 0 Å². The fraction of sp³-hybridized carbons (Fsp3) is 0.474. The van der Waals surface area contributed by atoms with Crippen molar-refractivity contribution in [2.24, 2.45) is 0 Å². The maximum Gasteiger partial charge on any atom is 0.306 e. The van der Waals surface area contributed by atoms with Crippen LogP contribution in [0.3, 0.4) is 0 Å². The molecule has 1 fully saturated rings. The molecule has 0 spiro atoms. The predicted octanol–water partition coefficient (Wildman–Crippen LogP) is 1.93. The van der Waals surface area contributed by atoms with E-state index in [4.69, 9.17) is 9.72 Å². The third-order valence-corrected chi connectivity index (χ3v) is 4.50. The minimum absolute atomic E-state index is 0.000907. The molecule has 0 atom stereocenters. The summed E-state index contributed by atoms with van der Waals surface area (Å²) in [6, 6.07) is 7.83. The van der Waals surface area contributed by atoms with Gasteiger partial charge in [-0.15, -0.1) is 0 Å². The zero-order valence-electron chi connectivity index (χ0n) is 15.3. The molecule has 1 aromatic carbocycles. The largest absolute Gasteiger partial charge is 0.466 e. The summed E-state index contributed by atoms with van der Waals surface area (Å²) < 4.78 is 4.87. The Labute approximate surface area is 153 Å². The Morgan fingerprint density at radius 1 is 1.04 bits per heavy atom. The zero-order chi connectivity index (χ0) is 18.5. The smallest absolute Gasteiger partial charge is 0.306 e. The van der Waals surface area contributed by atoms with E-state index in [1.165, 1.54) is 0 Å². The average molecular weight is 356 g/mol. The Morgan fingerprint density at radius 3 is 2.35 bits per heavy atom. The minimum Gasteiger partial charge on any atom is -0.466 e. The third-order valence-electron chi connectivity index (χ3n) is 4.50. The van der Waals surface area contributed by atoms with Gasteiger partial charge in [-0.2, -0.15) is 0 Å². The summed E-state index contributed by atoms with van der Waals surface area (Å²) in [5, 5.41) is 0. The summed E-state index contributed by atoms with van der Waals surface area (Å²) in [4.78, 5) is 37.0. The first-order valence-electron chi connectivity index (χ1n) is 9.00. The molecule has 0 radical (unpaired) electrons. The highest BCUT2D eigenvalue weighted by Crippen LogP contribution is 2.21. The molecule has 26 heavy (non-hydrogen) atoms. The van der Waals surface area contributed by atoms with Crippen molar-refractivity contribution < 1.29 is 14.3 Å². The molecular formula is C19H24N4O3. The molecule has 0 N–H and O–H groups in total. The second kappa shape index (κ2) is 8.12. The Bertz CT molecular complexity index is 800. The van der Waals surface area contributed by atoms with Crippen LogP contribution in [0.15, 0.2) is 24.3 Å². The topological polar surface area (TPSA) is 75.6 Å². The van der Waals surface area contributed by atoms with Gasteiger partial charge in [0.05, 0.1) is 29.8 Å². The van der Waals surface area contributed by atoms with Crippen LogP contribution >= 0.6 is 0 Å². The monoisotopic (exact) mass is 356 g/mol. The van der Waals surface area contributed by atoms with Crippen LogP contribution in [0.1, 0.15) is 25.5 Å². The number of esters is 1. The van der Waals surface area contributed by atoms with E-state index < -0.39 is 0 Å². The van der Waals surface area contributed by atoms with E-state index in [9.17, 15) is 9.59 Å². The third kappa shape index (κ3) is 4.09. The number of aryl methyl sites for hydroxylation is 1. The molecule has 1 amide bonds. The van der Waals surface area contributed by atoms with Crippen LogP contribution < -0.4 is 4.90 Å². The number of piperazine rings is 1. The highest BCUT2D eigenvalue weighted by Gasteiger charge is 2.23. The van der Waals surface area contributed by atoms with Gasteiger partial charge in [-0.05, 0) is 26.0 Å². The molecule has 0 saturated carbocycles. The number of nitrogens with zero attached hydrogens (tertiary/aromatic N) is 4. The van der Waals surface area contributed by atoms with Crippen molar-refractivity contribution in [2.75, 3.05) is 37.7 Å². The number of carbonyl (C=O) groups is 2. The average Bonchev–Trinajstić information content (AvgIpc) is 2.66. The number of benzene rings is 1. The Balaban J connectivity index is 1.59. The van der Waals surface area contributed by atoms with E-state index in [0.29, 0.717) is 32.8 Å². The lowest BCUT2D eigenvalue weighted by Crippen LogP contribution is -2.49. The Kier molecular flexibility index (Phi) is 5.65. The van der Waals surface area contributed by atoms with E-state index >= 15 is 0 Å². The molecule has 3 rings (SSSR count). The predicted molar refractivity (Wildman–Crippen MR) is 98.9 cm³/mol. The fourth-order valence-electron chi connectivity index (χ4n) is 3.15. The van der Waals surface area contributed by atoms with Crippen LogP contribution in [0.2, 0.25) is 0 Å². The van der Waals surface area contributed by atoms with Crippen LogP contribution in [-0.4, -0.2) is 59.5 Å². The molecule has 0 bridgehead atoms. The summed E-state index contributed by atoms with van der Waals surface area (Å²) >= 11 is 0. The van der Waals surface area contributed by atoms with Gasteiger partial charge in [0.15, 0.2) is 5.82 Å². The molecule has 1 aliphatic rings. The van der Waals surface area contributed by atoms with E-state index in [1.54, 1.807) is 11.8 Å². The fourth-order valence-corrected chi connectivity index (χ4v) is 3.15. The van der Waals surface area contributed by atoms with E-state index in [2.05, 4.69) is 9.88 Å². The summed E-state index contributed by atoms with van der Waals surface area (Å²) in [6.07, 6.45) is 0.343. The molecule has 1 saturated heterocycles. The minimum atomic E-state index is -0.318. The standard InChI is InChI=1S/C19H24N4O3/c1-3-26-18(25)9-8-17(24)22-10-12-23(13-11-22)19-14(2)20-15-6-4-5-7-16(15)21-19/h4-7H,3,8-13H2,1-2H3. The number of aromatic nitrogens is 2. The van der Waals surface area contributed by atoms with Crippen molar-refractivity contribution in [3.8, 4) is 0 Å². The van der Waals surface area contributed by atoms with Gasteiger partial charge < -0.3 is 14.5 Å². The van der Waals surface area contributed by atoms with Crippen molar-refractivity contribution in [1.82, 2.24) is 14.9 Å². The quantitative estimate of drug-likeness (QED) is 0.762. The summed E-state index contributed by atoms with van der Waals surface area (Å²) in [7, 11) is 0. The van der Waals surface area contributed by atoms with Crippen LogP contribution in [0.25, 0.3) is 11.0 Å². The van der Waals surface area contributed by atoms with Gasteiger partial charge in [0.2, 0.25) is 5.91 Å². The first-order chi connectivity index (χ1) is 12.6. The number of hydrogen-bond donors (Lipinski definition) is 0. The second-order valence-electron chi connectivity index (χ2n) is 6.29. The number of rotatable bonds is 5. The van der Waals surface area contributed by atoms with E-state index in [-0.39, 0.29) is 24.7 Å². The lowest BCUT2D eigenvalue weighted by molar-refractivity contribution is -0.145. The Hall–Kier alpha value is -2.70. The first kappa shape index (κ1) is 18.1. The van der Waals surface area contributed by atoms with Gasteiger partial charge in [0, 0.05) is 32.6 Å².